The van der Waals surface area contributed by atoms with E-state index in [-0.39, 0.29) is 0 Å². The molecule has 0 unspecified atom stereocenters. The first-order chi connectivity index (χ1) is 4.84. The summed E-state index contributed by atoms with van der Waals surface area (Å²) in [5.74, 6) is 0. The smallest absolute Gasteiger partial charge is 0.0193 e. The van der Waals surface area contributed by atoms with Crippen molar-refractivity contribution in [1.82, 2.24) is 4.57 Å². The predicted octanol–water partition coefficient (Wildman–Crippen LogP) is 2.84. The van der Waals surface area contributed by atoms with Gasteiger partial charge in [-0.25, -0.2) is 0 Å². The fourth-order valence-corrected chi connectivity index (χ4v) is 0.854. The number of aromatic nitrogens is 1. The molecule has 0 radical (unpaired) electrons. The van der Waals surface area contributed by atoms with Crippen LogP contribution in [0.5, 0.6) is 0 Å². The van der Waals surface area contributed by atoms with Crippen molar-refractivity contribution in [1.29, 1.82) is 0 Å². The van der Waals surface area contributed by atoms with Gasteiger partial charge in [-0.3, -0.25) is 0 Å². The van der Waals surface area contributed by atoms with Gasteiger partial charge in [-0.1, -0.05) is 13.8 Å². The van der Waals surface area contributed by atoms with Crippen LogP contribution in [0.3, 0.4) is 0 Å². The summed E-state index contributed by atoms with van der Waals surface area (Å²) in [5.41, 5.74) is 1.34. The van der Waals surface area contributed by atoms with Crippen LogP contribution >= 0.6 is 0 Å². The van der Waals surface area contributed by atoms with Gasteiger partial charge in [0, 0.05) is 18.4 Å². The van der Waals surface area contributed by atoms with Crippen molar-refractivity contribution in [2.45, 2.75) is 34.2 Å². The topological polar surface area (TPSA) is 4.93 Å². The first-order valence-electron chi connectivity index (χ1n) is 3.96. The summed E-state index contributed by atoms with van der Waals surface area (Å²) in [5, 5.41) is 0. The maximum atomic E-state index is 2.21. The maximum Gasteiger partial charge on any atom is 0.0193 e. The Morgan fingerprint density at radius 3 is 2.20 bits per heavy atom. The van der Waals surface area contributed by atoms with E-state index < -0.39 is 0 Å². The van der Waals surface area contributed by atoms with Crippen LogP contribution in [0, 0.1) is 6.92 Å². The Balaban J connectivity index is 0.000000371. The van der Waals surface area contributed by atoms with E-state index in [1.807, 2.05) is 13.8 Å². The summed E-state index contributed by atoms with van der Waals surface area (Å²) >= 11 is 0. The number of nitrogens with zero attached hydrogens (tertiary/aromatic N) is 1. The van der Waals surface area contributed by atoms with Crippen LogP contribution in [0.1, 0.15) is 26.5 Å². The molecule has 1 nitrogen and oxygen atoms in total. The molecule has 0 aliphatic carbocycles. The Kier molecular flexibility index (Phi) is 4.73. The molecule has 1 heterocycles. The molecular weight excluding hydrogens is 122 g/mol. The minimum Gasteiger partial charge on any atom is -0.352 e. The molecule has 0 fully saturated rings. The van der Waals surface area contributed by atoms with Crippen molar-refractivity contribution in [2.24, 2.45) is 0 Å². The Labute approximate surface area is 63.7 Å². The van der Waals surface area contributed by atoms with E-state index in [1.54, 1.807) is 0 Å². The van der Waals surface area contributed by atoms with Gasteiger partial charge in [0.2, 0.25) is 0 Å². The predicted molar refractivity (Wildman–Crippen MR) is 46.2 cm³/mol. The molecule has 1 rings (SSSR count). The van der Waals surface area contributed by atoms with Crippen molar-refractivity contribution < 1.29 is 0 Å². The molecule has 0 saturated carbocycles. The molecule has 0 amide bonds. The highest BCUT2D eigenvalue weighted by molar-refractivity contribution is 5.03. The van der Waals surface area contributed by atoms with E-state index in [4.69, 9.17) is 0 Å². The van der Waals surface area contributed by atoms with Crippen LogP contribution in [0.25, 0.3) is 0 Å². The summed E-state index contributed by atoms with van der Waals surface area (Å²) in [7, 11) is 0. The van der Waals surface area contributed by atoms with Crippen molar-refractivity contribution in [3.05, 3.63) is 24.0 Å². The zero-order valence-electron chi connectivity index (χ0n) is 7.39. The molecule has 0 aromatic carbocycles. The second kappa shape index (κ2) is 5.10. The molecule has 1 aromatic heterocycles. The highest BCUT2D eigenvalue weighted by Gasteiger charge is 1.86. The van der Waals surface area contributed by atoms with E-state index in [0.29, 0.717) is 0 Å². The Morgan fingerprint density at radius 2 is 2.00 bits per heavy atom. The van der Waals surface area contributed by atoms with Gasteiger partial charge >= 0.3 is 0 Å². The zero-order valence-corrected chi connectivity index (χ0v) is 7.39. The molecule has 0 spiro atoms. The first-order valence-corrected chi connectivity index (χ1v) is 3.96. The van der Waals surface area contributed by atoms with Gasteiger partial charge in [0.15, 0.2) is 0 Å². The summed E-state index contributed by atoms with van der Waals surface area (Å²) in [6.07, 6.45) is 2.09. The fraction of sp³-hybridized carbons (Fsp3) is 0.556. The SMILES string of the molecule is CC.CCn1cccc1C. The third-order valence-electron chi connectivity index (χ3n) is 1.40. The molecule has 0 N–H and O–H groups in total. The van der Waals surface area contributed by atoms with Gasteiger partial charge < -0.3 is 4.57 Å². The Hall–Kier alpha value is -0.720. The zero-order chi connectivity index (χ0) is 7.98. The largest absolute Gasteiger partial charge is 0.352 e. The van der Waals surface area contributed by atoms with E-state index in [2.05, 4.69) is 36.7 Å². The monoisotopic (exact) mass is 139 g/mol. The number of aryl methyl sites for hydroxylation is 2. The highest BCUT2D eigenvalue weighted by atomic mass is 14.9. The minimum atomic E-state index is 1.08. The molecular formula is C9H17N. The molecule has 0 aliphatic heterocycles. The van der Waals surface area contributed by atoms with Crippen LogP contribution in [0.4, 0.5) is 0 Å². The molecule has 1 heteroatoms. The van der Waals surface area contributed by atoms with Crippen molar-refractivity contribution >= 4 is 0 Å². The lowest BCUT2D eigenvalue weighted by Gasteiger charge is -1.97. The quantitative estimate of drug-likeness (QED) is 0.564. The lowest BCUT2D eigenvalue weighted by Crippen LogP contribution is -1.92. The van der Waals surface area contributed by atoms with Gasteiger partial charge in [-0.2, -0.15) is 0 Å². The van der Waals surface area contributed by atoms with Crippen LogP contribution in [-0.4, -0.2) is 4.57 Å². The van der Waals surface area contributed by atoms with Gasteiger partial charge in [-0.05, 0) is 26.0 Å². The van der Waals surface area contributed by atoms with Crippen LogP contribution < -0.4 is 0 Å². The molecule has 1 aromatic rings. The van der Waals surface area contributed by atoms with Crippen molar-refractivity contribution in [3.63, 3.8) is 0 Å². The van der Waals surface area contributed by atoms with Crippen molar-refractivity contribution in [2.75, 3.05) is 0 Å². The summed E-state index contributed by atoms with van der Waals surface area (Å²) in [6, 6.07) is 4.18. The third kappa shape index (κ3) is 2.26. The normalized spacial score (nSPS) is 8.40. The molecule has 0 atom stereocenters. The lowest BCUT2D eigenvalue weighted by molar-refractivity contribution is 0.743. The average Bonchev–Trinajstić information content (AvgIpc) is 2.39. The molecule has 10 heavy (non-hydrogen) atoms. The van der Waals surface area contributed by atoms with Gasteiger partial charge in [0.05, 0.1) is 0 Å². The minimum absolute atomic E-state index is 1.08. The molecule has 58 valence electrons. The van der Waals surface area contributed by atoms with Gasteiger partial charge in [0.1, 0.15) is 0 Å². The van der Waals surface area contributed by atoms with E-state index in [9.17, 15) is 0 Å². The van der Waals surface area contributed by atoms with Gasteiger partial charge in [-0.15, -0.1) is 0 Å². The second-order valence-electron chi connectivity index (χ2n) is 1.94. The number of hydrogen-bond donors (Lipinski definition) is 0. The summed E-state index contributed by atoms with van der Waals surface area (Å²) < 4.78 is 2.21. The van der Waals surface area contributed by atoms with Crippen LogP contribution in [0.15, 0.2) is 18.3 Å². The van der Waals surface area contributed by atoms with Crippen molar-refractivity contribution in [3.8, 4) is 0 Å². The first kappa shape index (κ1) is 9.28. The number of hydrogen-bond acceptors (Lipinski definition) is 0. The molecule has 0 aliphatic rings. The Bertz CT molecular complexity index is 165. The molecule has 0 saturated heterocycles. The van der Waals surface area contributed by atoms with E-state index >= 15 is 0 Å². The van der Waals surface area contributed by atoms with E-state index in [1.165, 1.54) is 5.69 Å². The van der Waals surface area contributed by atoms with Crippen LogP contribution in [-0.2, 0) is 6.54 Å². The average molecular weight is 139 g/mol. The third-order valence-corrected chi connectivity index (χ3v) is 1.40. The second-order valence-corrected chi connectivity index (χ2v) is 1.94. The fourth-order valence-electron chi connectivity index (χ4n) is 0.854. The lowest BCUT2D eigenvalue weighted by atomic mass is 10.5. The van der Waals surface area contributed by atoms with Crippen LogP contribution in [0.2, 0.25) is 0 Å². The Morgan fingerprint density at radius 1 is 1.40 bits per heavy atom. The maximum absolute atomic E-state index is 2.21. The highest BCUT2D eigenvalue weighted by Crippen LogP contribution is 1.97. The van der Waals surface area contributed by atoms with Gasteiger partial charge in [0.25, 0.3) is 0 Å². The number of rotatable bonds is 1. The standard InChI is InChI=1S/C7H11N.C2H6/c1-3-8-6-4-5-7(8)2;1-2/h4-6H,3H2,1-2H3;1-2H3. The summed E-state index contributed by atoms with van der Waals surface area (Å²) in [6.45, 7) is 9.34. The molecule has 0 bridgehead atoms. The summed E-state index contributed by atoms with van der Waals surface area (Å²) in [4.78, 5) is 0. The van der Waals surface area contributed by atoms with E-state index in [0.717, 1.165) is 6.54 Å².